The van der Waals surface area contributed by atoms with Gasteiger partial charge < -0.3 is 20.1 Å². The number of hydrogen-bond donors (Lipinski definition) is 2. The van der Waals surface area contributed by atoms with Gasteiger partial charge in [-0.1, -0.05) is 30.3 Å². The van der Waals surface area contributed by atoms with Crippen molar-refractivity contribution in [3.05, 3.63) is 48.2 Å². The molecule has 4 rings (SSSR count). The minimum Gasteiger partial charge on any atom is -0.387 e. The lowest BCUT2D eigenvalue weighted by Crippen LogP contribution is -2.36. The van der Waals surface area contributed by atoms with Crippen molar-refractivity contribution in [1.29, 1.82) is 0 Å². The van der Waals surface area contributed by atoms with E-state index in [9.17, 15) is 4.79 Å². The lowest BCUT2D eigenvalue weighted by molar-refractivity contribution is -0.119. The quantitative estimate of drug-likeness (QED) is 0.726. The Morgan fingerprint density at radius 1 is 1.30 bits per heavy atom. The first-order valence-electron chi connectivity index (χ1n) is 9.24. The van der Waals surface area contributed by atoms with Crippen LogP contribution >= 0.6 is 0 Å². The first-order chi connectivity index (χ1) is 13.1. The van der Waals surface area contributed by atoms with Crippen molar-refractivity contribution in [3.8, 4) is 0 Å². The molecule has 1 aliphatic heterocycles. The molecule has 0 spiro atoms. The zero-order chi connectivity index (χ0) is 18.8. The third-order valence-electron chi connectivity index (χ3n) is 4.94. The number of fused-ring (bicyclic) bond motifs is 1. The Bertz CT molecular complexity index is 952. The lowest BCUT2D eigenvalue weighted by Gasteiger charge is -2.20. The Balaban J connectivity index is 1.73. The van der Waals surface area contributed by atoms with Gasteiger partial charge in [0.25, 0.3) is 0 Å². The fourth-order valence-corrected chi connectivity index (χ4v) is 3.64. The molecule has 1 saturated heterocycles. The normalized spacial score (nSPS) is 16.7. The molecule has 0 radical (unpaired) electrons. The maximum absolute atomic E-state index is 11.4. The van der Waals surface area contributed by atoms with Crippen molar-refractivity contribution in [3.63, 3.8) is 0 Å². The monoisotopic (exact) mass is 364 g/mol. The maximum atomic E-state index is 11.4. The van der Waals surface area contributed by atoms with E-state index in [1.807, 2.05) is 25.2 Å². The van der Waals surface area contributed by atoms with E-state index in [-0.39, 0.29) is 11.9 Å². The minimum atomic E-state index is 0.0139. The van der Waals surface area contributed by atoms with Crippen molar-refractivity contribution < 1.29 is 4.79 Å². The fourth-order valence-electron chi connectivity index (χ4n) is 3.64. The SMILES string of the molecule is CNc1cnc2nc(N3CC[C@H](NC(C)=O)C3)n(Cc3ccccc3)c2c1. The third kappa shape index (κ3) is 3.58. The molecule has 1 aromatic carbocycles. The van der Waals surface area contributed by atoms with Crippen LogP contribution in [0.4, 0.5) is 11.6 Å². The van der Waals surface area contributed by atoms with Crippen LogP contribution in [0.3, 0.4) is 0 Å². The second-order valence-electron chi connectivity index (χ2n) is 6.93. The van der Waals surface area contributed by atoms with Crippen LogP contribution in [0.25, 0.3) is 11.2 Å². The van der Waals surface area contributed by atoms with Crippen molar-refractivity contribution in [1.82, 2.24) is 19.9 Å². The number of hydrogen-bond acceptors (Lipinski definition) is 5. The molecule has 1 amide bonds. The topological polar surface area (TPSA) is 75.1 Å². The summed E-state index contributed by atoms with van der Waals surface area (Å²) in [5.41, 5.74) is 3.91. The van der Waals surface area contributed by atoms with Gasteiger partial charge in [0, 0.05) is 33.1 Å². The molecule has 7 nitrogen and oxygen atoms in total. The first-order valence-corrected chi connectivity index (χ1v) is 9.24. The van der Waals surface area contributed by atoms with Gasteiger partial charge in [-0.15, -0.1) is 0 Å². The third-order valence-corrected chi connectivity index (χ3v) is 4.94. The molecule has 1 aliphatic rings. The molecule has 2 N–H and O–H groups in total. The van der Waals surface area contributed by atoms with Crippen molar-refractivity contribution in [2.45, 2.75) is 25.9 Å². The zero-order valence-corrected chi connectivity index (χ0v) is 15.6. The summed E-state index contributed by atoms with van der Waals surface area (Å²) >= 11 is 0. The van der Waals surface area contributed by atoms with E-state index in [0.717, 1.165) is 48.9 Å². The molecule has 27 heavy (non-hydrogen) atoms. The van der Waals surface area contributed by atoms with E-state index in [2.05, 4.69) is 43.3 Å². The van der Waals surface area contributed by atoms with Crippen LogP contribution in [-0.4, -0.2) is 46.6 Å². The van der Waals surface area contributed by atoms with Gasteiger partial charge in [0.05, 0.1) is 23.9 Å². The van der Waals surface area contributed by atoms with Gasteiger partial charge >= 0.3 is 0 Å². The Morgan fingerprint density at radius 3 is 2.85 bits per heavy atom. The van der Waals surface area contributed by atoms with Gasteiger partial charge in [-0.25, -0.2) is 4.98 Å². The number of benzene rings is 1. The van der Waals surface area contributed by atoms with E-state index in [4.69, 9.17) is 4.98 Å². The number of nitrogens with zero attached hydrogens (tertiary/aromatic N) is 4. The summed E-state index contributed by atoms with van der Waals surface area (Å²) < 4.78 is 2.22. The number of aromatic nitrogens is 3. The van der Waals surface area contributed by atoms with Gasteiger partial charge in [-0.3, -0.25) is 4.79 Å². The number of anilines is 2. The maximum Gasteiger partial charge on any atom is 0.217 e. The van der Waals surface area contributed by atoms with Gasteiger partial charge in [-0.05, 0) is 18.1 Å². The summed E-state index contributed by atoms with van der Waals surface area (Å²) in [4.78, 5) is 23.0. The molecular weight excluding hydrogens is 340 g/mol. The van der Waals surface area contributed by atoms with E-state index in [0.29, 0.717) is 0 Å². The summed E-state index contributed by atoms with van der Waals surface area (Å²) in [6.07, 6.45) is 2.72. The van der Waals surface area contributed by atoms with E-state index in [1.54, 1.807) is 13.1 Å². The van der Waals surface area contributed by atoms with Crippen molar-refractivity contribution in [2.24, 2.45) is 0 Å². The van der Waals surface area contributed by atoms with Crippen LogP contribution in [0.5, 0.6) is 0 Å². The van der Waals surface area contributed by atoms with Crippen LogP contribution in [0.1, 0.15) is 18.9 Å². The van der Waals surface area contributed by atoms with Gasteiger partial charge in [0.15, 0.2) is 5.65 Å². The largest absolute Gasteiger partial charge is 0.387 e. The standard InChI is InChI=1S/C20H24N6O/c1-14(27)23-16-8-9-25(13-16)20-24-19-18(10-17(21-2)11-22-19)26(20)12-15-6-4-3-5-7-15/h3-7,10-11,16,21H,8-9,12-13H2,1-2H3,(H,23,27)/t16-/m0/s1. The number of rotatable bonds is 5. The van der Waals surface area contributed by atoms with Crippen LogP contribution in [0, 0.1) is 0 Å². The van der Waals surface area contributed by atoms with Crippen molar-refractivity contribution >= 4 is 28.7 Å². The van der Waals surface area contributed by atoms with Gasteiger partial charge in [-0.2, -0.15) is 4.98 Å². The van der Waals surface area contributed by atoms with E-state index in [1.165, 1.54) is 5.56 Å². The highest BCUT2D eigenvalue weighted by Crippen LogP contribution is 2.27. The molecular formula is C20H24N6O. The average Bonchev–Trinajstić information content (AvgIpc) is 3.26. The van der Waals surface area contributed by atoms with E-state index < -0.39 is 0 Å². The molecule has 1 atom stereocenters. The van der Waals surface area contributed by atoms with Crippen LogP contribution < -0.4 is 15.5 Å². The van der Waals surface area contributed by atoms with Crippen LogP contribution in [0.2, 0.25) is 0 Å². The number of nitrogens with one attached hydrogen (secondary N) is 2. The summed E-state index contributed by atoms with van der Waals surface area (Å²) in [5.74, 6) is 0.919. The Kier molecular flexibility index (Phi) is 4.66. The second-order valence-corrected chi connectivity index (χ2v) is 6.93. The molecule has 0 unspecified atom stereocenters. The molecule has 140 valence electrons. The zero-order valence-electron chi connectivity index (χ0n) is 15.6. The average molecular weight is 364 g/mol. The number of carbonyl (C=O) groups is 1. The molecule has 3 aromatic rings. The Morgan fingerprint density at radius 2 is 2.11 bits per heavy atom. The van der Waals surface area contributed by atoms with Crippen LogP contribution in [0.15, 0.2) is 42.6 Å². The number of carbonyl (C=O) groups excluding carboxylic acids is 1. The molecule has 7 heteroatoms. The highest BCUT2D eigenvalue weighted by Gasteiger charge is 2.27. The first kappa shape index (κ1) is 17.3. The van der Waals surface area contributed by atoms with Gasteiger partial charge in [0.1, 0.15) is 0 Å². The smallest absolute Gasteiger partial charge is 0.217 e. The Labute approximate surface area is 158 Å². The lowest BCUT2D eigenvalue weighted by atomic mass is 10.2. The molecule has 0 bridgehead atoms. The van der Waals surface area contributed by atoms with E-state index >= 15 is 0 Å². The molecule has 1 fully saturated rings. The summed E-state index contributed by atoms with van der Waals surface area (Å²) in [7, 11) is 1.89. The van der Waals surface area contributed by atoms with Crippen LogP contribution in [-0.2, 0) is 11.3 Å². The second kappa shape index (κ2) is 7.26. The number of pyridine rings is 1. The number of amides is 1. The summed E-state index contributed by atoms with van der Waals surface area (Å²) in [5, 5.41) is 6.17. The molecule has 2 aromatic heterocycles. The highest BCUT2D eigenvalue weighted by molar-refractivity contribution is 5.79. The van der Waals surface area contributed by atoms with Crippen molar-refractivity contribution in [2.75, 3.05) is 30.4 Å². The number of imidazole rings is 1. The summed E-state index contributed by atoms with van der Waals surface area (Å²) in [6.45, 7) is 3.91. The molecule has 0 aliphatic carbocycles. The Hall–Kier alpha value is -3.09. The minimum absolute atomic E-state index is 0.0139. The summed E-state index contributed by atoms with van der Waals surface area (Å²) in [6, 6.07) is 12.6. The predicted octanol–water partition coefficient (Wildman–Crippen LogP) is 2.24. The fraction of sp³-hybridized carbons (Fsp3) is 0.350. The predicted molar refractivity (Wildman–Crippen MR) is 107 cm³/mol. The van der Waals surface area contributed by atoms with Gasteiger partial charge in [0.2, 0.25) is 11.9 Å². The highest BCUT2D eigenvalue weighted by atomic mass is 16.1. The molecule has 3 heterocycles. The molecule has 0 saturated carbocycles.